The van der Waals surface area contributed by atoms with E-state index in [1.54, 1.807) is 28.8 Å². The second-order valence-electron chi connectivity index (χ2n) is 8.37. The lowest BCUT2D eigenvalue weighted by atomic mass is 9.90. The van der Waals surface area contributed by atoms with E-state index in [0.29, 0.717) is 32.1 Å². The van der Waals surface area contributed by atoms with Crippen LogP contribution in [-0.4, -0.2) is 40.9 Å². The Kier molecular flexibility index (Phi) is 7.08. The van der Waals surface area contributed by atoms with Crippen molar-refractivity contribution >= 4 is 11.8 Å². The van der Waals surface area contributed by atoms with Gasteiger partial charge in [0.2, 0.25) is 5.43 Å². The molecule has 6 heteroatoms. The molecule has 0 spiro atoms. The fraction of sp³-hybridized carbons (Fsp3) is 0.458. The number of benzene rings is 1. The molecule has 1 saturated heterocycles. The van der Waals surface area contributed by atoms with Gasteiger partial charge in [-0.3, -0.25) is 14.4 Å². The minimum Gasteiger partial charge on any atom is -0.352 e. The lowest BCUT2D eigenvalue weighted by Gasteiger charge is -2.33. The first kappa shape index (κ1) is 21.8. The summed E-state index contributed by atoms with van der Waals surface area (Å²) in [7, 11) is 0. The summed E-state index contributed by atoms with van der Waals surface area (Å²) in [6.45, 7) is 8.16. The third kappa shape index (κ3) is 4.99. The van der Waals surface area contributed by atoms with Gasteiger partial charge in [-0.15, -0.1) is 0 Å². The molecule has 1 fully saturated rings. The Morgan fingerprint density at radius 3 is 2.50 bits per heavy atom. The summed E-state index contributed by atoms with van der Waals surface area (Å²) in [4.78, 5) is 40.6. The number of rotatable bonds is 6. The maximum absolute atomic E-state index is 13.3. The molecule has 1 unspecified atom stereocenters. The fourth-order valence-corrected chi connectivity index (χ4v) is 4.06. The molecule has 2 amide bonds. The van der Waals surface area contributed by atoms with Gasteiger partial charge in [-0.05, 0) is 31.2 Å². The molecule has 1 aliphatic heterocycles. The van der Waals surface area contributed by atoms with Crippen molar-refractivity contribution in [2.45, 2.75) is 46.1 Å². The van der Waals surface area contributed by atoms with E-state index in [1.165, 1.54) is 5.56 Å². The normalized spacial score (nSPS) is 16.5. The number of nitrogens with one attached hydrogen (secondary N) is 1. The van der Waals surface area contributed by atoms with E-state index in [-0.39, 0.29) is 23.0 Å². The zero-order chi connectivity index (χ0) is 21.7. The largest absolute Gasteiger partial charge is 0.352 e. The number of piperidine rings is 1. The molecule has 0 radical (unpaired) electrons. The highest BCUT2D eigenvalue weighted by atomic mass is 16.2. The molecule has 6 nitrogen and oxygen atoms in total. The molecule has 1 aliphatic rings. The summed E-state index contributed by atoms with van der Waals surface area (Å²) < 4.78 is 1.79. The molecule has 0 saturated carbocycles. The Labute approximate surface area is 177 Å². The summed E-state index contributed by atoms with van der Waals surface area (Å²) in [6.07, 6.45) is 5.08. The van der Waals surface area contributed by atoms with Gasteiger partial charge in [0.1, 0.15) is 11.1 Å². The van der Waals surface area contributed by atoms with Crippen molar-refractivity contribution in [3.63, 3.8) is 0 Å². The molecule has 2 heterocycles. The van der Waals surface area contributed by atoms with Crippen LogP contribution in [-0.2, 0) is 6.54 Å². The number of hydrogen-bond donors (Lipinski definition) is 1. The van der Waals surface area contributed by atoms with Gasteiger partial charge in [0.25, 0.3) is 11.8 Å². The number of pyridine rings is 1. The van der Waals surface area contributed by atoms with E-state index in [9.17, 15) is 14.4 Å². The molecule has 1 aromatic heterocycles. The van der Waals surface area contributed by atoms with Gasteiger partial charge < -0.3 is 14.8 Å². The monoisotopic (exact) mass is 409 g/mol. The summed E-state index contributed by atoms with van der Waals surface area (Å²) in [5.41, 5.74) is 0.823. The Morgan fingerprint density at radius 1 is 1.13 bits per heavy atom. The Bertz CT molecular complexity index is 950. The predicted octanol–water partition coefficient (Wildman–Crippen LogP) is 3.27. The number of nitrogens with zero attached hydrogens (tertiary/aromatic N) is 2. The van der Waals surface area contributed by atoms with Crippen molar-refractivity contribution in [3.05, 3.63) is 69.6 Å². The van der Waals surface area contributed by atoms with Crippen LogP contribution in [0.3, 0.4) is 0 Å². The number of aromatic nitrogens is 1. The van der Waals surface area contributed by atoms with Gasteiger partial charge in [-0.25, -0.2) is 0 Å². The lowest BCUT2D eigenvalue weighted by Crippen LogP contribution is -2.42. The molecule has 1 N–H and O–H groups in total. The van der Waals surface area contributed by atoms with Crippen molar-refractivity contribution in [1.29, 1.82) is 0 Å². The second-order valence-corrected chi connectivity index (χ2v) is 8.37. The lowest BCUT2D eigenvalue weighted by molar-refractivity contribution is 0.0704. The van der Waals surface area contributed by atoms with Crippen LogP contribution >= 0.6 is 0 Å². The minimum absolute atomic E-state index is 0.0277. The van der Waals surface area contributed by atoms with Crippen LogP contribution in [0.15, 0.2) is 47.5 Å². The van der Waals surface area contributed by atoms with Gasteiger partial charge in [0, 0.05) is 44.5 Å². The van der Waals surface area contributed by atoms with E-state index in [2.05, 4.69) is 31.3 Å². The van der Waals surface area contributed by atoms with Crippen LogP contribution < -0.4 is 10.7 Å². The molecule has 160 valence electrons. The Hall–Kier alpha value is -2.89. The highest BCUT2D eigenvalue weighted by Gasteiger charge is 2.28. The average Bonchev–Trinajstić information content (AvgIpc) is 2.75. The molecule has 1 atom stereocenters. The van der Waals surface area contributed by atoms with Crippen LogP contribution in [0.2, 0.25) is 0 Å². The first-order valence-electron chi connectivity index (χ1n) is 10.8. The van der Waals surface area contributed by atoms with E-state index in [1.807, 2.05) is 18.2 Å². The summed E-state index contributed by atoms with van der Waals surface area (Å²) in [6, 6.07) is 10.2. The smallest absolute Gasteiger partial charge is 0.259 e. The molecule has 30 heavy (non-hydrogen) atoms. The van der Waals surface area contributed by atoms with Gasteiger partial charge >= 0.3 is 0 Å². The van der Waals surface area contributed by atoms with Crippen molar-refractivity contribution in [2.24, 2.45) is 5.92 Å². The van der Waals surface area contributed by atoms with Crippen molar-refractivity contribution in [1.82, 2.24) is 14.8 Å². The number of likely N-dealkylation sites (tertiary alicyclic amines) is 1. The highest BCUT2D eigenvalue weighted by molar-refractivity contribution is 5.99. The van der Waals surface area contributed by atoms with Crippen LogP contribution in [0.4, 0.5) is 0 Å². The SMILES string of the molecule is CCNC(=O)c1cn(CC(C)C)cc(C(=O)N2CCCC(c3ccccc3)C2)c1=O. The number of hydrogen-bond acceptors (Lipinski definition) is 3. The molecule has 0 bridgehead atoms. The fourth-order valence-electron chi connectivity index (χ4n) is 4.06. The second kappa shape index (κ2) is 9.74. The first-order chi connectivity index (χ1) is 14.4. The Morgan fingerprint density at radius 2 is 1.83 bits per heavy atom. The number of carbonyl (C=O) groups excluding carboxylic acids is 2. The maximum Gasteiger partial charge on any atom is 0.259 e. The summed E-state index contributed by atoms with van der Waals surface area (Å²) in [5, 5.41) is 2.68. The van der Waals surface area contributed by atoms with Gasteiger partial charge in [0.15, 0.2) is 0 Å². The van der Waals surface area contributed by atoms with Crippen LogP contribution in [0.1, 0.15) is 65.8 Å². The molecule has 0 aliphatic carbocycles. The third-order valence-electron chi connectivity index (χ3n) is 5.45. The average molecular weight is 410 g/mol. The van der Waals surface area contributed by atoms with E-state index < -0.39 is 11.3 Å². The molecule has 2 aromatic rings. The summed E-state index contributed by atoms with van der Waals surface area (Å²) >= 11 is 0. The first-order valence-corrected chi connectivity index (χ1v) is 10.8. The molecular formula is C24H31N3O3. The molecular weight excluding hydrogens is 378 g/mol. The van der Waals surface area contributed by atoms with Crippen molar-refractivity contribution < 1.29 is 9.59 Å². The van der Waals surface area contributed by atoms with Gasteiger partial charge in [0.05, 0.1) is 0 Å². The van der Waals surface area contributed by atoms with E-state index in [0.717, 1.165) is 12.8 Å². The molecule has 1 aromatic carbocycles. The van der Waals surface area contributed by atoms with Crippen LogP contribution in [0, 0.1) is 5.92 Å². The quantitative estimate of drug-likeness (QED) is 0.796. The summed E-state index contributed by atoms with van der Waals surface area (Å²) in [5.74, 6) is -0.150. The zero-order valence-corrected chi connectivity index (χ0v) is 18.1. The predicted molar refractivity (Wildman–Crippen MR) is 118 cm³/mol. The Balaban J connectivity index is 1.92. The minimum atomic E-state index is -0.493. The van der Waals surface area contributed by atoms with E-state index >= 15 is 0 Å². The van der Waals surface area contributed by atoms with Crippen molar-refractivity contribution in [2.75, 3.05) is 19.6 Å². The van der Waals surface area contributed by atoms with E-state index in [4.69, 9.17) is 0 Å². The standard InChI is InChI=1S/C24H31N3O3/c1-4-25-23(29)20-15-26(13-17(2)3)16-21(22(20)28)24(30)27-12-8-11-19(14-27)18-9-6-5-7-10-18/h5-7,9-10,15-17,19H,4,8,11-14H2,1-3H3,(H,25,29). The third-order valence-corrected chi connectivity index (χ3v) is 5.45. The van der Waals surface area contributed by atoms with Crippen LogP contribution in [0.25, 0.3) is 0 Å². The zero-order valence-electron chi connectivity index (χ0n) is 18.1. The maximum atomic E-state index is 13.3. The van der Waals surface area contributed by atoms with Crippen LogP contribution in [0.5, 0.6) is 0 Å². The highest BCUT2D eigenvalue weighted by Crippen LogP contribution is 2.27. The van der Waals surface area contributed by atoms with Gasteiger partial charge in [-0.2, -0.15) is 0 Å². The topological polar surface area (TPSA) is 71.4 Å². The number of amides is 2. The number of carbonyl (C=O) groups is 2. The van der Waals surface area contributed by atoms with Gasteiger partial charge in [-0.1, -0.05) is 44.2 Å². The van der Waals surface area contributed by atoms with Crippen molar-refractivity contribution in [3.8, 4) is 0 Å². The molecule has 3 rings (SSSR count).